The number of anilines is 2. The van der Waals surface area contributed by atoms with Crippen molar-refractivity contribution in [3.05, 3.63) is 24.3 Å². The summed E-state index contributed by atoms with van der Waals surface area (Å²) in [6.07, 6.45) is 0. The fourth-order valence-electron chi connectivity index (χ4n) is 1.81. The number of nitrogens with zero attached hydrogens (tertiary/aromatic N) is 2. The van der Waals surface area contributed by atoms with Gasteiger partial charge in [-0.25, -0.2) is 0 Å². The molecule has 2 rings (SSSR count). The number of hydroxylamine groups is 2. The lowest BCUT2D eigenvalue weighted by atomic mass is 10.2. The van der Waals surface area contributed by atoms with Crippen LogP contribution in [0.4, 0.5) is 11.4 Å². The van der Waals surface area contributed by atoms with E-state index in [9.17, 15) is 5.21 Å². The first-order valence-corrected chi connectivity index (χ1v) is 5.05. The Bertz CT molecular complexity index is 323. The van der Waals surface area contributed by atoms with Crippen molar-refractivity contribution < 1.29 is 5.21 Å². The van der Waals surface area contributed by atoms with Crippen LogP contribution in [0.15, 0.2) is 24.3 Å². The van der Waals surface area contributed by atoms with Gasteiger partial charge in [-0.15, -0.1) is 0 Å². The van der Waals surface area contributed by atoms with Crippen molar-refractivity contribution in [3.8, 4) is 0 Å². The van der Waals surface area contributed by atoms with Crippen LogP contribution in [-0.4, -0.2) is 36.4 Å². The predicted molar refractivity (Wildman–Crippen MR) is 59.8 cm³/mol. The number of nitrogens with one attached hydrogen (secondary N) is 1. The molecule has 0 saturated carbocycles. The highest BCUT2D eigenvalue weighted by molar-refractivity contribution is 5.69. The third-order valence-electron chi connectivity index (χ3n) is 2.66. The Morgan fingerprint density at radius 2 is 1.80 bits per heavy atom. The molecular weight excluding hydrogens is 192 g/mol. The van der Waals surface area contributed by atoms with Gasteiger partial charge in [0.2, 0.25) is 0 Å². The van der Waals surface area contributed by atoms with Crippen LogP contribution in [-0.2, 0) is 0 Å². The number of hydrogen-bond acceptors (Lipinski definition) is 5. The van der Waals surface area contributed by atoms with Gasteiger partial charge in [0.05, 0.1) is 11.4 Å². The van der Waals surface area contributed by atoms with Crippen molar-refractivity contribution in [3.63, 3.8) is 0 Å². The van der Waals surface area contributed by atoms with E-state index in [1.54, 1.807) is 0 Å². The standard InChI is InChI=1S/C10H16N4O/c11-12-9-3-1-2-4-10(9)13-5-7-14(15)8-6-13/h1-4,12,15H,5-8,11H2. The summed E-state index contributed by atoms with van der Waals surface area (Å²) < 4.78 is 0. The number of piperazine rings is 1. The topological polar surface area (TPSA) is 64.8 Å². The molecule has 1 aromatic carbocycles. The third-order valence-corrected chi connectivity index (χ3v) is 2.66. The molecule has 1 aliphatic rings. The fraction of sp³-hybridized carbons (Fsp3) is 0.400. The van der Waals surface area contributed by atoms with Gasteiger partial charge in [0.1, 0.15) is 0 Å². The van der Waals surface area contributed by atoms with Crippen LogP contribution in [0, 0.1) is 0 Å². The summed E-state index contributed by atoms with van der Waals surface area (Å²) >= 11 is 0. The normalized spacial score (nSPS) is 17.9. The Hall–Kier alpha value is -1.30. The second-order valence-electron chi connectivity index (χ2n) is 3.60. The van der Waals surface area contributed by atoms with E-state index in [-0.39, 0.29) is 0 Å². The van der Waals surface area contributed by atoms with E-state index >= 15 is 0 Å². The molecule has 15 heavy (non-hydrogen) atoms. The zero-order valence-electron chi connectivity index (χ0n) is 8.56. The summed E-state index contributed by atoms with van der Waals surface area (Å²) in [4.78, 5) is 2.21. The van der Waals surface area contributed by atoms with Crippen LogP contribution in [0.2, 0.25) is 0 Å². The Balaban J connectivity index is 2.15. The molecule has 0 bridgehead atoms. The van der Waals surface area contributed by atoms with Crippen molar-refractivity contribution in [1.29, 1.82) is 0 Å². The highest BCUT2D eigenvalue weighted by Gasteiger charge is 2.17. The summed E-state index contributed by atoms with van der Waals surface area (Å²) in [5, 5.41) is 10.6. The molecule has 82 valence electrons. The maximum Gasteiger partial charge on any atom is 0.0720 e. The lowest BCUT2D eigenvalue weighted by Gasteiger charge is -2.33. The van der Waals surface area contributed by atoms with Crippen molar-refractivity contribution in [2.45, 2.75) is 0 Å². The van der Waals surface area contributed by atoms with Crippen LogP contribution in [0.1, 0.15) is 0 Å². The summed E-state index contributed by atoms with van der Waals surface area (Å²) in [6, 6.07) is 7.91. The van der Waals surface area contributed by atoms with Crippen molar-refractivity contribution in [2.24, 2.45) is 5.84 Å². The number of benzene rings is 1. The molecular formula is C10H16N4O. The van der Waals surface area contributed by atoms with Gasteiger partial charge in [0.25, 0.3) is 0 Å². The minimum Gasteiger partial charge on any atom is -0.367 e. The Morgan fingerprint density at radius 1 is 1.13 bits per heavy atom. The van der Waals surface area contributed by atoms with Crippen LogP contribution in [0.5, 0.6) is 0 Å². The van der Waals surface area contributed by atoms with Crippen LogP contribution in [0.3, 0.4) is 0 Å². The maximum absolute atomic E-state index is 9.27. The average molecular weight is 208 g/mol. The fourth-order valence-corrected chi connectivity index (χ4v) is 1.81. The van der Waals surface area contributed by atoms with E-state index in [2.05, 4.69) is 10.3 Å². The zero-order valence-corrected chi connectivity index (χ0v) is 8.56. The molecule has 1 fully saturated rings. The van der Waals surface area contributed by atoms with Crippen molar-refractivity contribution in [2.75, 3.05) is 36.5 Å². The SMILES string of the molecule is NNc1ccccc1N1CCN(O)CC1. The maximum atomic E-state index is 9.27. The Kier molecular flexibility index (Phi) is 3.05. The molecule has 1 heterocycles. The van der Waals surface area contributed by atoms with Crippen LogP contribution in [0.25, 0.3) is 0 Å². The predicted octanol–water partition coefficient (Wildman–Crippen LogP) is 0.483. The minimum absolute atomic E-state index is 0.666. The number of hydrogen-bond donors (Lipinski definition) is 3. The molecule has 5 heteroatoms. The number of nitrogens with two attached hydrogens (primary N) is 1. The van der Waals surface area contributed by atoms with Gasteiger partial charge < -0.3 is 15.5 Å². The largest absolute Gasteiger partial charge is 0.367 e. The summed E-state index contributed by atoms with van der Waals surface area (Å²) in [6.45, 7) is 2.96. The van der Waals surface area contributed by atoms with Gasteiger partial charge in [-0.3, -0.25) is 5.84 Å². The van der Waals surface area contributed by atoms with Gasteiger partial charge in [-0.2, -0.15) is 5.06 Å². The summed E-state index contributed by atoms with van der Waals surface area (Å²) in [5.41, 5.74) is 4.70. The third kappa shape index (κ3) is 2.20. The Labute approximate surface area is 89.0 Å². The highest BCUT2D eigenvalue weighted by atomic mass is 16.5. The molecule has 0 aliphatic carbocycles. The molecule has 0 amide bonds. The zero-order chi connectivity index (χ0) is 10.7. The van der Waals surface area contributed by atoms with Gasteiger partial charge in [-0.05, 0) is 12.1 Å². The summed E-state index contributed by atoms with van der Waals surface area (Å²) in [5.74, 6) is 5.45. The van der Waals surface area contributed by atoms with Crippen molar-refractivity contribution >= 4 is 11.4 Å². The van der Waals surface area contributed by atoms with Gasteiger partial charge in [0.15, 0.2) is 0 Å². The lowest BCUT2D eigenvalue weighted by Crippen LogP contribution is -2.45. The smallest absolute Gasteiger partial charge is 0.0720 e. The minimum atomic E-state index is 0.666. The van der Waals surface area contributed by atoms with E-state index in [0.29, 0.717) is 13.1 Å². The number of para-hydroxylation sites is 2. The van der Waals surface area contributed by atoms with E-state index in [1.165, 1.54) is 5.06 Å². The van der Waals surface area contributed by atoms with E-state index in [1.807, 2.05) is 24.3 Å². The molecule has 0 unspecified atom stereocenters. The second-order valence-corrected chi connectivity index (χ2v) is 3.60. The molecule has 0 spiro atoms. The molecule has 1 aromatic rings. The first-order valence-electron chi connectivity index (χ1n) is 5.05. The van der Waals surface area contributed by atoms with E-state index < -0.39 is 0 Å². The Morgan fingerprint density at radius 3 is 2.47 bits per heavy atom. The van der Waals surface area contributed by atoms with Crippen LogP contribution < -0.4 is 16.2 Å². The molecule has 4 N–H and O–H groups in total. The average Bonchev–Trinajstić information content (AvgIpc) is 2.30. The molecule has 0 atom stereocenters. The quantitative estimate of drug-likeness (QED) is 0.487. The second kappa shape index (κ2) is 4.48. The van der Waals surface area contributed by atoms with Gasteiger partial charge >= 0.3 is 0 Å². The summed E-state index contributed by atoms with van der Waals surface area (Å²) in [7, 11) is 0. The molecule has 1 aliphatic heterocycles. The lowest BCUT2D eigenvalue weighted by molar-refractivity contribution is -0.0935. The molecule has 5 nitrogen and oxygen atoms in total. The van der Waals surface area contributed by atoms with E-state index in [4.69, 9.17) is 5.84 Å². The number of nitrogen functional groups attached to an aromatic ring is 1. The van der Waals surface area contributed by atoms with Crippen LogP contribution >= 0.6 is 0 Å². The van der Waals surface area contributed by atoms with E-state index in [0.717, 1.165) is 24.5 Å². The monoisotopic (exact) mass is 208 g/mol. The molecule has 1 saturated heterocycles. The number of rotatable bonds is 2. The van der Waals surface area contributed by atoms with Gasteiger partial charge in [-0.1, -0.05) is 12.1 Å². The number of hydrazine groups is 1. The first-order chi connectivity index (χ1) is 7.31. The van der Waals surface area contributed by atoms with Gasteiger partial charge in [0, 0.05) is 26.2 Å². The molecule has 0 aromatic heterocycles. The molecule has 0 radical (unpaired) electrons. The first kappa shape index (κ1) is 10.2. The highest BCUT2D eigenvalue weighted by Crippen LogP contribution is 2.25. The van der Waals surface area contributed by atoms with Crippen molar-refractivity contribution in [1.82, 2.24) is 5.06 Å².